The van der Waals surface area contributed by atoms with Gasteiger partial charge in [0.05, 0.1) is 0 Å². The first-order chi connectivity index (χ1) is 9.06. The lowest BCUT2D eigenvalue weighted by Gasteiger charge is -2.28. The van der Waals surface area contributed by atoms with Gasteiger partial charge in [-0.05, 0) is 49.8 Å². The van der Waals surface area contributed by atoms with Crippen molar-refractivity contribution in [3.63, 3.8) is 0 Å². The molecule has 0 heterocycles. The Bertz CT molecular complexity index is 461. The molecular formula is C15H20ClNO2. The number of anilines is 1. The maximum absolute atomic E-state index is 11.9. The number of benzene rings is 1. The van der Waals surface area contributed by atoms with Crippen molar-refractivity contribution in [2.75, 3.05) is 5.32 Å². The molecule has 1 aliphatic carbocycles. The van der Waals surface area contributed by atoms with Crippen LogP contribution >= 0.6 is 11.6 Å². The van der Waals surface area contributed by atoms with Crippen LogP contribution in [0.3, 0.4) is 0 Å². The van der Waals surface area contributed by atoms with Gasteiger partial charge in [-0.1, -0.05) is 31.0 Å². The molecule has 3 nitrogen and oxygen atoms in total. The molecule has 1 fully saturated rings. The molecule has 1 saturated carbocycles. The average molecular weight is 282 g/mol. The van der Waals surface area contributed by atoms with Crippen LogP contribution in [0.15, 0.2) is 18.2 Å². The molecule has 4 heteroatoms. The van der Waals surface area contributed by atoms with Crippen molar-refractivity contribution in [1.29, 1.82) is 0 Å². The van der Waals surface area contributed by atoms with E-state index in [1.54, 1.807) is 12.1 Å². The van der Waals surface area contributed by atoms with E-state index in [9.17, 15) is 4.79 Å². The summed E-state index contributed by atoms with van der Waals surface area (Å²) < 4.78 is 5.51. The Morgan fingerprint density at radius 3 is 2.84 bits per heavy atom. The van der Waals surface area contributed by atoms with Crippen LogP contribution < -0.4 is 5.32 Å². The fourth-order valence-electron chi connectivity index (χ4n) is 2.46. The van der Waals surface area contributed by atoms with Crippen LogP contribution in [-0.4, -0.2) is 12.2 Å². The number of amides is 1. The molecule has 0 radical (unpaired) electrons. The zero-order valence-corrected chi connectivity index (χ0v) is 12.2. The van der Waals surface area contributed by atoms with Gasteiger partial charge >= 0.3 is 6.09 Å². The summed E-state index contributed by atoms with van der Waals surface area (Å²) in [5, 5.41) is 3.38. The zero-order valence-electron chi connectivity index (χ0n) is 11.4. The second kappa shape index (κ2) is 6.29. The molecule has 0 aromatic heterocycles. The van der Waals surface area contributed by atoms with Gasteiger partial charge < -0.3 is 4.74 Å². The molecule has 1 aromatic carbocycles. The van der Waals surface area contributed by atoms with E-state index in [4.69, 9.17) is 16.3 Å². The van der Waals surface area contributed by atoms with Gasteiger partial charge in [0.1, 0.15) is 6.10 Å². The summed E-state index contributed by atoms with van der Waals surface area (Å²) in [6, 6.07) is 5.42. The number of nitrogens with one attached hydrogen (secondary N) is 1. The van der Waals surface area contributed by atoms with Crippen molar-refractivity contribution >= 4 is 23.4 Å². The molecule has 19 heavy (non-hydrogen) atoms. The van der Waals surface area contributed by atoms with Crippen LogP contribution in [0.1, 0.15) is 38.2 Å². The van der Waals surface area contributed by atoms with Crippen LogP contribution in [0.25, 0.3) is 0 Å². The van der Waals surface area contributed by atoms with Crippen LogP contribution in [0.4, 0.5) is 10.5 Å². The van der Waals surface area contributed by atoms with E-state index in [1.807, 2.05) is 13.0 Å². The van der Waals surface area contributed by atoms with E-state index in [0.29, 0.717) is 16.6 Å². The Morgan fingerprint density at radius 2 is 2.11 bits per heavy atom. The van der Waals surface area contributed by atoms with Gasteiger partial charge in [-0.25, -0.2) is 4.79 Å². The van der Waals surface area contributed by atoms with Crippen molar-refractivity contribution in [3.8, 4) is 0 Å². The molecule has 1 aliphatic rings. The first kappa shape index (κ1) is 14.2. The molecular weight excluding hydrogens is 262 g/mol. The lowest BCUT2D eigenvalue weighted by molar-refractivity contribution is 0.0524. The number of rotatable bonds is 2. The second-order valence-electron chi connectivity index (χ2n) is 5.29. The summed E-state index contributed by atoms with van der Waals surface area (Å²) in [4.78, 5) is 11.9. The largest absolute Gasteiger partial charge is 0.446 e. The minimum atomic E-state index is -0.385. The Balaban J connectivity index is 1.95. The highest BCUT2D eigenvalue weighted by Crippen LogP contribution is 2.27. The van der Waals surface area contributed by atoms with Gasteiger partial charge in [0.25, 0.3) is 0 Å². The minimum Gasteiger partial charge on any atom is -0.446 e. The monoisotopic (exact) mass is 281 g/mol. The van der Waals surface area contributed by atoms with E-state index in [1.165, 1.54) is 6.42 Å². The quantitative estimate of drug-likeness (QED) is 0.847. The molecule has 104 valence electrons. The fraction of sp³-hybridized carbons (Fsp3) is 0.533. The Morgan fingerprint density at radius 1 is 1.37 bits per heavy atom. The van der Waals surface area contributed by atoms with Crippen LogP contribution in [-0.2, 0) is 4.74 Å². The number of ether oxygens (including phenoxy) is 1. The number of hydrogen-bond donors (Lipinski definition) is 1. The highest BCUT2D eigenvalue weighted by atomic mass is 35.5. The van der Waals surface area contributed by atoms with Gasteiger partial charge in [0, 0.05) is 10.7 Å². The third-order valence-electron chi connectivity index (χ3n) is 3.73. The molecule has 0 spiro atoms. The lowest BCUT2D eigenvalue weighted by Crippen LogP contribution is -2.30. The zero-order chi connectivity index (χ0) is 13.8. The number of hydrogen-bond acceptors (Lipinski definition) is 2. The van der Waals surface area contributed by atoms with E-state index in [0.717, 1.165) is 24.8 Å². The van der Waals surface area contributed by atoms with Gasteiger partial charge in [-0.3, -0.25) is 5.32 Å². The summed E-state index contributed by atoms with van der Waals surface area (Å²) in [5.41, 5.74) is 1.68. The summed E-state index contributed by atoms with van der Waals surface area (Å²) in [5.74, 6) is 0.444. The van der Waals surface area contributed by atoms with E-state index in [-0.39, 0.29) is 12.2 Å². The fourth-order valence-corrected chi connectivity index (χ4v) is 2.64. The van der Waals surface area contributed by atoms with E-state index >= 15 is 0 Å². The van der Waals surface area contributed by atoms with Crippen molar-refractivity contribution < 1.29 is 9.53 Å². The van der Waals surface area contributed by atoms with Gasteiger partial charge in [-0.2, -0.15) is 0 Å². The predicted octanol–water partition coefficient (Wildman–Crippen LogP) is 4.78. The maximum atomic E-state index is 11.9. The van der Waals surface area contributed by atoms with E-state index in [2.05, 4.69) is 12.2 Å². The highest BCUT2D eigenvalue weighted by Gasteiger charge is 2.24. The number of halogens is 1. The number of aryl methyl sites for hydroxylation is 1. The van der Waals surface area contributed by atoms with Crippen molar-refractivity contribution in [2.45, 2.75) is 45.6 Å². The smallest absolute Gasteiger partial charge is 0.411 e. The summed E-state index contributed by atoms with van der Waals surface area (Å²) in [6.07, 6.45) is 4.11. The summed E-state index contributed by atoms with van der Waals surface area (Å²) in [7, 11) is 0. The summed E-state index contributed by atoms with van der Waals surface area (Å²) in [6.45, 7) is 4.07. The third kappa shape index (κ3) is 3.87. The maximum Gasteiger partial charge on any atom is 0.411 e. The molecule has 0 bridgehead atoms. The second-order valence-corrected chi connectivity index (χ2v) is 5.73. The van der Waals surface area contributed by atoms with Gasteiger partial charge in [-0.15, -0.1) is 0 Å². The normalized spacial score (nSPS) is 22.9. The third-order valence-corrected chi connectivity index (χ3v) is 3.96. The number of carbonyl (C=O) groups is 1. The standard InChI is InChI=1S/C15H20ClNO2/c1-10-7-8-12(16)9-13(10)17-15(18)19-14-6-4-3-5-11(14)2/h7-9,11,14H,3-6H2,1-2H3,(H,17,18)/t11-,14-/m0/s1. The van der Waals surface area contributed by atoms with Gasteiger partial charge in [0.15, 0.2) is 0 Å². The minimum absolute atomic E-state index is 0.0354. The summed E-state index contributed by atoms with van der Waals surface area (Å²) >= 11 is 5.92. The first-order valence-electron chi connectivity index (χ1n) is 6.80. The van der Waals surface area contributed by atoms with Crippen LogP contribution in [0.5, 0.6) is 0 Å². The molecule has 0 aliphatic heterocycles. The van der Waals surface area contributed by atoms with Crippen molar-refractivity contribution in [1.82, 2.24) is 0 Å². The van der Waals surface area contributed by atoms with Crippen molar-refractivity contribution in [3.05, 3.63) is 28.8 Å². The molecule has 2 rings (SSSR count). The van der Waals surface area contributed by atoms with Crippen molar-refractivity contribution in [2.24, 2.45) is 5.92 Å². The Labute approximate surface area is 119 Å². The Kier molecular flexibility index (Phi) is 4.70. The first-order valence-corrected chi connectivity index (χ1v) is 7.18. The molecule has 1 amide bonds. The molecule has 1 aromatic rings. The van der Waals surface area contributed by atoms with Gasteiger partial charge in [0.2, 0.25) is 0 Å². The lowest BCUT2D eigenvalue weighted by atomic mass is 9.88. The number of carbonyl (C=O) groups excluding carboxylic acids is 1. The highest BCUT2D eigenvalue weighted by molar-refractivity contribution is 6.30. The SMILES string of the molecule is Cc1ccc(Cl)cc1NC(=O)O[C@H]1CCCC[C@@H]1C. The van der Waals surface area contributed by atoms with E-state index < -0.39 is 0 Å². The molecule has 0 saturated heterocycles. The van der Waals surface area contributed by atoms with Crippen LogP contribution in [0, 0.1) is 12.8 Å². The predicted molar refractivity (Wildman–Crippen MR) is 77.7 cm³/mol. The molecule has 2 atom stereocenters. The Hall–Kier alpha value is -1.22. The topological polar surface area (TPSA) is 38.3 Å². The average Bonchev–Trinajstić information content (AvgIpc) is 2.37. The molecule has 1 N–H and O–H groups in total. The van der Waals surface area contributed by atoms with Crippen LogP contribution in [0.2, 0.25) is 5.02 Å². The molecule has 0 unspecified atom stereocenters.